The Labute approximate surface area is 127 Å². The molecule has 20 heavy (non-hydrogen) atoms. The summed E-state index contributed by atoms with van der Waals surface area (Å²) in [7, 11) is 0. The van der Waals surface area contributed by atoms with Gasteiger partial charge < -0.3 is 0 Å². The fourth-order valence-electron chi connectivity index (χ4n) is 1.55. The number of para-hydroxylation sites is 1. The van der Waals surface area contributed by atoms with E-state index in [-0.39, 0.29) is 16.3 Å². The number of hydrogen-bond acceptors (Lipinski definition) is 2. The van der Waals surface area contributed by atoms with Gasteiger partial charge in [0, 0.05) is 0 Å². The van der Waals surface area contributed by atoms with Crippen LogP contribution in [0, 0.1) is 18.2 Å². The number of halogens is 1. The molecular weight excluding hydrogens is 371 g/mol. The van der Waals surface area contributed by atoms with Gasteiger partial charge in [0.05, 0.1) is 0 Å². The van der Waals surface area contributed by atoms with Gasteiger partial charge >= 0.3 is 127 Å². The molecule has 2 rings (SSSR count). The topological polar surface area (TPSA) is 26.3 Å². The van der Waals surface area contributed by atoms with Crippen molar-refractivity contribution in [2.75, 3.05) is 6.61 Å². The summed E-state index contributed by atoms with van der Waals surface area (Å²) in [5, 5.41) is 0. The first kappa shape index (κ1) is 14.6. The number of ether oxygens (including phenoxy) is 1. The summed E-state index contributed by atoms with van der Waals surface area (Å²) >= 11 is -1.10. The zero-order valence-electron chi connectivity index (χ0n) is 10.5. The van der Waals surface area contributed by atoms with E-state index in [0.717, 1.165) is 3.61 Å². The molecule has 0 N–H and O–H groups in total. The van der Waals surface area contributed by atoms with Crippen molar-refractivity contribution in [2.45, 2.75) is 0 Å². The van der Waals surface area contributed by atoms with Crippen LogP contribution in [0.3, 0.4) is 0 Å². The molecular formula is C16H11FO2Te. The van der Waals surface area contributed by atoms with Crippen LogP contribution in [-0.4, -0.2) is 31.4 Å². The van der Waals surface area contributed by atoms with Crippen LogP contribution in [0.5, 0.6) is 5.75 Å². The van der Waals surface area contributed by atoms with E-state index in [9.17, 15) is 9.18 Å². The number of carbonyl (C=O) groups excluding carboxylic acids is 1. The molecule has 4 heteroatoms. The van der Waals surface area contributed by atoms with Crippen molar-refractivity contribution < 1.29 is 13.9 Å². The van der Waals surface area contributed by atoms with E-state index in [2.05, 4.69) is 5.92 Å². The van der Waals surface area contributed by atoms with Gasteiger partial charge in [-0.05, 0) is 0 Å². The van der Waals surface area contributed by atoms with Gasteiger partial charge in [0.2, 0.25) is 0 Å². The summed E-state index contributed by atoms with van der Waals surface area (Å²) in [6, 6.07) is 13.1. The number of hydrogen-bond donors (Lipinski definition) is 0. The van der Waals surface area contributed by atoms with Gasteiger partial charge in [-0.1, -0.05) is 0 Å². The third-order valence-electron chi connectivity index (χ3n) is 2.44. The van der Waals surface area contributed by atoms with Crippen molar-refractivity contribution in [2.24, 2.45) is 0 Å². The van der Waals surface area contributed by atoms with Crippen LogP contribution in [-0.2, 0) is 0 Å². The Balaban J connectivity index is 2.16. The van der Waals surface area contributed by atoms with Crippen LogP contribution in [0.1, 0.15) is 10.4 Å². The number of terminal acetylenes is 1. The molecule has 0 spiro atoms. The van der Waals surface area contributed by atoms with Crippen LogP contribution in [0.25, 0.3) is 0 Å². The van der Waals surface area contributed by atoms with E-state index in [4.69, 9.17) is 11.2 Å². The van der Waals surface area contributed by atoms with Crippen LogP contribution >= 0.6 is 0 Å². The molecule has 2 aromatic rings. The summed E-state index contributed by atoms with van der Waals surface area (Å²) in [5.41, 5.74) is 0.537. The predicted molar refractivity (Wildman–Crippen MR) is 76.9 cm³/mol. The third kappa shape index (κ3) is 3.84. The molecule has 0 heterocycles. The molecule has 0 atom stereocenters. The SMILES string of the molecule is C#CCOc1ccccc1C(=O)[Te]c1ccc(F)cc1. The molecule has 2 nitrogen and oxygen atoms in total. The van der Waals surface area contributed by atoms with Gasteiger partial charge in [-0.3, -0.25) is 0 Å². The Kier molecular flexibility index (Phi) is 5.18. The standard InChI is InChI=1S/C16H11FO2Te/c1-2-11-19-15-6-4-3-5-14(15)16(18)20-13-9-7-12(17)8-10-13/h1,3-10H,11H2. The minimum atomic E-state index is -1.10. The van der Waals surface area contributed by atoms with Gasteiger partial charge in [-0.25, -0.2) is 0 Å². The molecule has 0 fully saturated rings. The molecule has 0 aliphatic carbocycles. The Hall–Kier alpha value is -1.81. The van der Waals surface area contributed by atoms with Crippen molar-refractivity contribution in [1.29, 1.82) is 0 Å². The first-order valence-corrected chi connectivity index (χ1v) is 8.17. The Morgan fingerprint density at radius 1 is 1.20 bits per heavy atom. The number of rotatable bonds is 5. The maximum atomic E-state index is 12.8. The van der Waals surface area contributed by atoms with Gasteiger partial charge in [0.15, 0.2) is 0 Å². The van der Waals surface area contributed by atoms with E-state index >= 15 is 0 Å². The summed E-state index contributed by atoms with van der Waals surface area (Å²) in [4.78, 5) is 12.3. The van der Waals surface area contributed by atoms with Crippen molar-refractivity contribution in [3.63, 3.8) is 0 Å². The fraction of sp³-hybridized carbons (Fsp3) is 0.0625. The monoisotopic (exact) mass is 384 g/mol. The second-order valence-corrected chi connectivity index (χ2v) is 6.82. The first-order chi connectivity index (χ1) is 9.70. The van der Waals surface area contributed by atoms with Gasteiger partial charge in [0.1, 0.15) is 0 Å². The first-order valence-electron chi connectivity index (χ1n) is 5.84. The molecule has 0 amide bonds. The zero-order valence-corrected chi connectivity index (χ0v) is 12.8. The molecule has 0 aliphatic heterocycles. The maximum absolute atomic E-state index is 12.8. The van der Waals surface area contributed by atoms with Gasteiger partial charge in [-0.15, -0.1) is 0 Å². The molecule has 0 unspecified atom stereocenters. The van der Waals surface area contributed by atoms with E-state index in [1.807, 2.05) is 0 Å². The van der Waals surface area contributed by atoms with E-state index in [0.29, 0.717) is 11.3 Å². The molecule has 0 radical (unpaired) electrons. The average Bonchev–Trinajstić information content (AvgIpc) is 2.47. The second-order valence-electron chi connectivity index (χ2n) is 3.83. The molecule has 100 valence electrons. The van der Waals surface area contributed by atoms with Crippen LogP contribution in [0.15, 0.2) is 48.5 Å². The van der Waals surface area contributed by atoms with Crippen LogP contribution < -0.4 is 8.35 Å². The fourth-order valence-corrected chi connectivity index (χ4v) is 3.73. The van der Waals surface area contributed by atoms with Crippen molar-refractivity contribution in [3.8, 4) is 18.1 Å². The van der Waals surface area contributed by atoms with Gasteiger partial charge in [0.25, 0.3) is 0 Å². The molecule has 0 aromatic heterocycles. The summed E-state index contributed by atoms with van der Waals surface area (Å²) in [5.74, 6) is 2.58. The minimum absolute atomic E-state index is 0.0367. The Morgan fingerprint density at radius 3 is 2.60 bits per heavy atom. The van der Waals surface area contributed by atoms with Crippen LogP contribution in [0.2, 0.25) is 0 Å². The van der Waals surface area contributed by atoms with Crippen molar-refractivity contribution >= 4 is 28.4 Å². The number of benzene rings is 2. The zero-order chi connectivity index (χ0) is 14.4. The number of carbonyl (C=O) groups is 1. The summed E-state index contributed by atoms with van der Waals surface area (Å²) in [6.07, 6.45) is 5.15. The molecule has 0 saturated heterocycles. The quantitative estimate of drug-likeness (QED) is 0.585. The van der Waals surface area contributed by atoms with E-state index in [1.54, 1.807) is 36.4 Å². The Morgan fingerprint density at radius 2 is 1.90 bits per heavy atom. The second kappa shape index (κ2) is 7.10. The van der Waals surface area contributed by atoms with E-state index < -0.39 is 20.9 Å². The van der Waals surface area contributed by atoms with Gasteiger partial charge in [-0.2, -0.15) is 0 Å². The Bertz CT molecular complexity index is 644. The molecule has 2 aromatic carbocycles. The van der Waals surface area contributed by atoms with Crippen molar-refractivity contribution in [3.05, 3.63) is 59.9 Å². The summed E-state index contributed by atoms with van der Waals surface area (Å²) in [6.45, 7) is 0.126. The average molecular weight is 382 g/mol. The van der Waals surface area contributed by atoms with E-state index in [1.165, 1.54) is 12.1 Å². The molecule has 0 saturated carbocycles. The summed E-state index contributed by atoms with van der Waals surface area (Å²) < 4.78 is 19.1. The third-order valence-corrected chi connectivity index (χ3v) is 5.05. The van der Waals surface area contributed by atoms with Crippen molar-refractivity contribution in [1.82, 2.24) is 0 Å². The molecule has 0 bridgehead atoms. The molecule has 0 aliphatic rings. The van der Waals surface area contributed by atoms with Crippen LogP contribution in [0.4, 0.5) is 4.39 Å². The predicted octanol–water partition coefficient (Wildman–Crippen LogP) is 2.01. The normalized spacial score (nSPS) is 9.80.